The van der Waals surface area contributed by atoms with E-state index in [1.54, 1.807) is 16.7 Å². The van der Waals surface area contributed by atoms with E-state index in [0.717, 1.165) is 0 Å². The molecule has 90 valence electrons. The first-order valence-electron chi connectivity index (χ1n) is 6.78. The molecule has 0 N–H and O–H groups in total. The van der Waals surface area contributed by atoms with Crippen LogP contribution in [0.25, 0.3) is 0 Å². The van der Waals surface area contributed by atoms with Gasteiger partial charge in [-0.3, -0.25) is 0 Å². The second-order valence-electron chi connectivity index (χ2n) is 4.93. The Kier molecular flexibility index (Phi) is 5.05. The van der Waals surface area contributed by atoms with E-state index in [0.29, 0.717) is 5.92 Å². The molecule has 0 saturated carbocycles. The summed E-state index contributed by atoms with van der Waals surface area (Å²) in [6, 6.07) is 4.85. The van der Waals surface area contributed by atoms with Gasteiger partial charge in [0, 0.05) is 0 Å². The van der Waals surface area contributed by atoms with E-state index >= 15 is 0 Å². The van der Waals surface area contributed by atoms with Gasteiger partial charge in [-0.25, -0.2) is 0 Å². The molecule has 1 aromatic rings. The highest BCUT2D eigenvalue weighted by Gasteiger charge is 2.09. The highest BCUT2D eigenvalue weighted by molar-refractivity contribution is 5.40. The average molecular weight is 218 g/mol. The highest BCUT2D eigenvalue weighted by atomic mass is 14.1. The third kappa shape index (κ3) is 2.87. The van der Waals surface area contributed by atoms with Crippen molar-refractivity contribution >= 4 is 0 Å². The smallest absolute Gasteiger partial charge is 0.0219 e. The van der Waals surface area contributed by atoms with Crippen LogP contribution in [0.5, 0.6) is 0 Å². The lowest BCUT2D eigenvalue weighted by Crippen LogP contribution is -2.02. The minimum absolute atomic E-state index is 0.645. The van der Waals surface area contributed by atoms with Crippen LogP contribution >= 0.6 is 0 Å². The summed E-state index contributed by atoms with van der Waals surface area (Å²) >= 11 is 0. The third-order valence-electron chi connectivity index (χ3n) is 3.39. The molecular formula is C16H26. The first-order chi connectivity index (χ1) is 7.63. The molecule has 0 aliphatic rings. The maximum Gasteiger partial charge on any atom is -0.0219 e. The molecule has 0 fully saturated rings. The van der Waals surface area contributed by atoms with Crippen molar-refractivity contribution in [1.82, 2.24) is 0 Å². The predicted octanol–water partition coefficient (Wildman–Crippen LogP) is 4.89. The fraction of sp³-hybridized carbons (Fsp3) is 0.625. The molecule has 0 radical (unpaired) electrons. The second kappa shape index (κ2) is 6.08. The Labute approximate surface area is 101 Å². The topological polar surface area (TPSA) is 0 Å². The molecule has 0 amide bonds. The van der Waals surface area contributed by atoms with Crippen molar-refractivity contribution in [2.75, 3.05) is 0 Å². The van der Waals surface area contributed by atoms with Gasteiger partial charge in [0.05, 0.1) is 0 Å². The molecule has 0 nitrogen and oxygen atoms in total. The van der Waals surface area contributed by atoms with Crippen LogP contribution in [0, 0.1) is 0 Å². The summed E-state index contributed by atoms with van der Waals surface area (Å²) in [5.74, 6) is 0.645. The molecule has 16 heavy (non-hydrogen) atoms. The first kappa shape index (κ1) is 13.3. The van der Waals surface area contributed by atoms with E-state index in [-0.39, 0.29) is 0 Å². The van der Waals surface area contributed by atoms with Crippen LogP contribution in [0.1, 0.15) is 69.2 Å². The van der Waals surface area contributed by atoms with E-state index < -0.39 is 0 Å². The molecule has 0 atom stereocenters. The maximum atomic E-state index is 2.43. The average Bonchev–Trinajstić information content (AvgIpc) is 2.29. The monoisotopic (exact) mass is 218 g/mol. The summed E-state index contributed by atoms with van der Waals surface area (Å²) in [5, 5.41) is 0. The van der Waals surface area contributed by atoms with Crippen molar-refractivity contribution in [3.63, 3.8) is 0 Å². The normalized spacial score (nSPS) is 11.1. The van der Waals surface area contributed by atoms with Crippen molar-refractivity contribution in [2.24, 2.45) is 0 Å². The summed E-state index contributed by atoms with van der Waals surface area (Å²) in [5.41, 5.74) is 6.28. The van der Waals surface area contributed by atoms with Gasteiger partial charge in [0.25, 0.3) is 0 Å². The molecule has 0 aliphatic heterocycles. The van der Waals surface area contributed by atoms with Crippen LogP contribution in [0.2, 0.25) is 0 Å². The van der Waals surface area contributed by atoms with Crippen molar-refractivity contribution in [2.45, 2.75) is 66.2 Å². The summed E-state index contributed by atoms with van der Waals surface area (Å²) < 4.78 is 0. The van der Waals surface area contributed by atoms with E-state index in [2.05, 4.69) is 46.8 Å². The lowest BCUT2D eigenvalue weighted by Gasteiger charge is -2.17. The predicted molar refractivity (Wildman–Crippen MR) is 73.3 cm³/mol. The zero-order valence-electron chi connectivity index (χ0n) is 11.6. The summed E-state index contributed by atoms with van der Waals surface area (Å²) in [4.78, 5) is 0. The fourth-order valence-corrected chi connectivity index (χ4v) is 2.36. The van der Waals surface area contributed by atoms with E-state index in [9.17, 15) is 0 Å². The van der Waals surface area contributed by atoms with Gasteiger partial charge in [0.2, 0.25) is 0 Å². The first-order valence-corrected chi connectivity index (χ1v) is 6.78. The Balaban J connectivity index is 3.25. The molecule has 0 unspecified atom stereocenters. The number of hydrogen-bond donors (Lipinski definition) is 0. The van der Waals surface area contributed by atoms with Crippen molar-refractivity contribution in [1.29, 1.82) is 0 Å². The van der Waals surface area contributed by atoms with Crippen molar-refractivity contribution in [3.8, 4) is 0 Å². The van der Waals surface area contributed by atoms with Gasteiger partial charge in [0.15, 0.2) is 0 Å². The van der Waals surface area contributed by atoms with Gasteiger partial charge >= 0.3 is 0 Å². The van der Waals surface area contributed by atoms with Crippen LogP contribution in [0.15, 0.2) is 12.1 Å². The van der Waals surface area contributed by atoms with E-state index in [4.69, 9.17) is 0 Å². The molecule has 0 aliphatic carbocycles. The summed E-state index contributed by atoms with van der Waals surface area (Å²) in [6.45, 7) is 11.4. The Morgan fingerprint density at radius 3 is 1.75 bits per heavy atom. The van der Waals surface area contributed by atoms with E-state index in [1.807, 2.05) is 0 Å². The van der Waals surface area contributed by atoms with Gasteiger partial charge < -0.3 is 0 Å². The Bertz CT molecular complexity index is 309. The molecule has 1 rings (SSSR count). The molecular weight excluding hydrogens is 192 g/mol. The second-order valence-corrected chi connectivity index (χ2v) is 4.93. The number of aryl methyl sites for hydroxylation is 2. The van der Waals surface area contributed by atoms with E-state index in [1.165, 1.54) is 31.2 Å². The minimum atomic E-state index is 0.645. The van der Waals surface area contributed by atoms with Crippen LogP contribution in [-0.2, 0) is 19.3 Å². The zero-order chi connectivity index (χ0) is 12.1. The van der Waals surface area contributed by atoms with Crippen LogP contribution < -0.4 is 0 Å². The van der Waals surface area contributed by atoms with Gasteiger partial charge in [-0.1, -0.05) is 53.2 Å². The standard InChI is InChI=1S/C16H26/c1-6-9-16-13(7-2)10-15(12(4)5)11-14(16)8-3/h10-12H,6-9H2,1-5H3. The maximum absolute atomic E-state index is 2.43. The summed E-state index contributed by atoms with van der Waals surface area (Å²) in [6.07, 6.45) is 4.83. The van der Waals surface area contributed by atoms with Crippen molar-refractivity contribution in [3.05, 3.63) is 34.4 Å². The molecule has 0 saturated heterocycles. The molecule has 1 aromatic carbocycles. The number of benzene rings is 1. The Hall–Kier alpha value is -0.780. The van der Waals surface area contributed by atoms with Crippen LogP contribution in [-0.4, -0.2) is 0 Å². The molecule has 0 spiro atoms. The highest BCUT2D eigenvalue weighted by Crippen LogP contribution is 2.25. The largest absolute Gasteiger partial charge is 0.0651 e. The van der Waals surface area contributed by atoms with Gasteiger partial charge in [-0.05, 0) is 47.4 Å². The lowest BCUT2D eigenvalue weighted by atomic mass is 9.89. The number of rotatable bonds is 5. The molecule has 0 heterocycles. The van der Waals surface area contributed by atoms with Gasteiger partial charge in [-0.2, -0.15) is 0 Å². The summed E-state index contributed by atoms with van der Waals surface area (Å²) in [7, 11) is 0. The molecule has 0 bridgehead atoms. The Morgan fingerprint density at radius 2 is 1.44 bits per heavy atom. The minimum Gasteiger partial charge on any atom is -0.0651 e. The van der Waals surface area contributed by atoms with Crippen molar-refractivity contribution < 1.29 is 0 Å². The third-order valence-corrected chi connectivity index (χ3v) is 3.39. The SMILES string of the molecule is CCCc1c(CC)cc(C(C)C)cc1CC. The van der Waals surface area contributed by atoms with Crippen LogP contribution in [0.4, 0.5) is 0 Å². The van der Waals surface area contributed by atoms with Gasteiger partial charge in [-0.15, -0.1) is 0 Å². The van der Waals surface area contributed by atoms with Gasteiger partial charge in [0.1, 0.15) is 0 Å². The zero-order valence-corrected chi connectivity index (χ0v) is 11.6. The molecule has 0 heteroatoms. The lowest BCUT2D eigenvalue weighted by molar-refractivity contribution is 0.835. The van der Waals surface area contributed by atoms with Crippen LogP contribution in [0.3, 0.4) is 0 Å². The number of hydrogen-bond acceptors (Lipinski definition) is 0. The Morgan fingerprint density at radius 1 is 0.938 bits per heavy atom. The fourth-order valence-electron chi connectivity index (χ4n) is 2.36. The quantitative estimate of drug-likeness (QED) is 0.660. The molecule has 0 aromatic heterocycles.